The summed E-state index contributed by atoms with van der Waals surface area (Å²) < 4.78 is 12.3. The molecule has 1 atom stereocenters. The summed E-state index contributed by atoms with van der Waals surface area (Å²) in [6.07, 6.45) is 20.8. The Bertz CT molecular complexity index is 414. The van der Waals surface area contributed by atoms with Crippen molar-refractivity contribution in [1.29, 1.82) is 0 Å². The Morgan fingerprint density at radius 3 is 2.12 bits per heavy atom. The van der Waals surface area contributed by atoms with Gasteiger partial charge in [-0.1, -0.05) is 32.8 Å². The largest absolute Gasteiger partial charge is 0.378 e. The minimum atomic E-state index is 0.513. The maximum atomic E-state index is 6.24. The van der Waals surface area contributed by atoms with Crippen LogP contribution < -0.4 is 0 Å². The lowest BCUT2D eigenvalue weighted by Crippen LogP contribution is -2.33. The van der Waals surface area contributed by atoms with Crippen molar-refractivity contribution in [3.63, 3.8) is 0 Å². The monoisotopic (exact) mass is 362 g/mol. The van der Waals surface area contributed by atoms with E-state index in [1.807, 2.05) is 0 Å². The molecule has 0 spiro atoms. The van der Waals surface area contributed by atoms with E-state index in [1.165, 1.54) is 89.0 Å². The third-order valence-corrected chi connectivity index (χ3v) is 7.27. The van der Waals surface area contributed by atoms with Gasteiger partial charge < -0.3 is 9.47 Å². The summed E-state index contributed by atoms with van der Waals surface area (Å²) in [5, 5.41) is 0. The molecule has 2 fully saturated rings. The Labute approximate surface area is 162 Å². The van der Waals surface area contributed by atoms with Crippen LogP contribution in [-0.4, -0.2) is 25.4 Å². The van der Waals surface area contributed by atoms with E-state index >= 15 is 0 Å². The first-order valence-electron chi connectivity index (χ1n) is 11.7. The van der Waals surface area contributed by atoms with Gasteiger partial charge in [-0.3, -0.25) is 0 Å². The van der Waals surface area contributed by atoms with Crippen molar-refractivity contribution in [3.8, 4) is 0 Å². The lowest BCUT2D eigenvalue weighted by Gasteiger charge is -2.40. The molecule has 2 saturated carbocycles. The van der Waals surface area contributed by atoms with Gasteiger partial charge in [-0.25, -0.2) is 0 Å². The molecular formula is C24H42O2. The van der Waals surface area contributed by atoms with Crippen molar-refractivity contribution < 1.29 is 9.47 Å². The van der Waals surface area contributed by atoms with E-state index in [0.29, 0.717) is 12.2 Å². The topological polar surface area (TPSA) is 18.5 Å². The zero-order chi connectivity index (χ0) is 18.2. The van der Waals surface area contributed by atoms with Gasteiger partial charge in [-0.2, -0.15) is 0 Å². The second kappa shape index (κ2) is 10.9. The summed E-state index contributed by atoms with van der Waals surface area (Å²) in [5.74, 6) is 2.78. The lowest BCUT2D eigenvalue weighted by atomic mass is 9.69. The first kappa shape index (κ1) is 20.4. The zero-order valence-corrected chi connectivity index (χ0v) is 17.4. The molecule has 1 heterocycles. The third-order valence-electron chi connectivity index (χ3n) is 7.27. The second-order valence-corrected chi connectivity index (χ2v) is 9.13. The summed E-state index contributed by atoms with van der Waals surface area (Å²) in [5.41, 5.74) is 1.54. The van der Waals surface area contributed by atoms with E-state index in [9.17, 15) is 0 Å². The van der Waals surface area contributed by atoms with Crippen LogP contribution in [0.3, 0.4) is 0 Å². The summed E-state index contributed by atoms with van der Waals surface area (Å²) in [7, 11) is 0. The van der Waals surface area contributed by atoms with E-state index in [-0.39, 0.29) is 0 Å². The van der Waals surface area contributed by atoms with Crippen molar-refractivity contribution in [2.75, 3.05) is 13.2 Å². The van der Waals surface area contributed by atoms with Crippen molar-refractivity contribution in [2.24, 2.45) is 17.8 Å². The van der Waals surface area contributed by atoms with Gasteiger partial charge in [0.05, 0.1) is 18.8 Å². The maximum absolute atomic E-state index is 6.24. The smallest absolute Gasteiger partial charge is 0.0680 e. The molecule has 2 nitrogen and oxygen atoms in total. The number of hydrogen-bond acceptors (Lipinski definition) is 2. The summed E-state index contributed by atoms with van der Waals surface area (Å²) in [4.78, 5) is 0. The van der Waals surface area contributed by atoms with Crippen LogP contribution in [0.15, 0.2) is 11.6 Å². The molecule has 0 N–H and O–H groups in total. The summed E-state index contributed by atoms with van der Waals surface area (Å²) >= 11 is 0. The van der Waals surface area contributed by atoms with E-state index in [4.69, 9.17) is 9.47 Å². The second-order valence-electron chi connectivity index (χ2n) is 9.13. The highest BCUT2D eigenvalue weighted by molar-refractivity contribution is 5.07. The quantitative estimate of drug-likeness (QED) is 0.354. The van der Waals surface area contributed by atoms with Gasteiger partial charge in [-0.05, 0) is 94.0 Å². The number of unbranched alkanes of at least 4 members (excludes halogenated alkanes) is 1. The van der Waals surface area contributed by atoms with Crippen LogP contribution in [0.2, 0.25) is 0 Å². The molecule has 1 aliphatic heterocycles. The van der Waals surface area contributed by atoms with Gasteiger partial charge in [0, 0.05) is 6.61 Å². The van der Waals surface area contributed by atoms with Crippen LogP contribution in [0, 0.1) is 17.8 Å². The van der Waals surface area contributed by atoms with Crippen LogP contribution in [0.25, 0.3) is 0 Å². The van der Waals surface area contributed by atoms with Crippen molar-refractivity contribution in [1.82, 2.24) is 0 Å². The van der Waals surface area contributed by atoms with E-state index < -0.39 is 0 Å². The summed E-state index contributed by atoms with van der Waals surface area (Å²) in [6.45, 7) is 6.39. The minimum absolute atomic E-state index is 0.513. The van der Waals surface area contributed by atoms with Gasteiger partial charge >= 0.3 is 0 Å². The molecule has 0 aromatic carbocycles. The molecule has 0 aromatic rings. The zero-order valence-electron chi connectivity index (χ0n) is 17.4. The molecule has 150 valence electrons. The predicted molar refractivity (Wildman–Crippen MR) is 109 cm³/mol. The Kier molecular flexibility index (Phi) is 8.52. The number of hydrogen-bond donors (Lipinski definition) is 0. The fourth-order valence-corrected chi connectivity index (χ4v) is 5.56. The molecule has 0 aromatic heterocycles. The van der Waals surface area contributed by atoms with Crippen LogP contribution >= 0.6 is 0 Å². The van der Waals surface area contributed by atoms with Gasteiger partial charge in [0.1, 0.15) is 0 Å². The van der Waals surface area contributed by atoms with Gasteiger partial charge in [-0.15, -0.1) is 0 Å². The van der Waals surface area contributed by atoms with E-state index in [2.05, 4.69) is 19.9 Å². The number of rotatable bonds is 8. The number of ether oxygens (including phenoxy) is 2. The van der Waals surface area contributed by atoms with Gasteiger partial charge in [0.15, 0.2) is 0 Å². The van der Waals surface area contributed by atoms with Crippen LogP contribution in [0.5, 0.6) is 0 Å². The molecule has 2 aliphatic carbocycles. The van der Waals surface area contributed by atoms with Gasteiger partial charge in [0.2, 0.25) is 0 Å². The fourth-order valence-electron chi connectivity index (χ4n) is 5.56. The predicted octanol–water partition coefficient (Wildman–Crippen LogP) is 6.68. The first-order valence-corrected chi connectivity index (χ1v) is 11.7. The highest BCUT2D eigenvalue weighted by atomic mass is 16.5. The molecule has 0 amide bonds. The molecule has 1 unspecified atom stereocenters. The average Bonchev–Trinajstić information content (AvgIpc) is 2.70. The highest BCUT2D eigenvalue weighted by Crippen LogP contribution is 2.42. The van der Waals surface area contributed by atoms with Crippen LogP contribution in [0.4, 0.5) is 0 Å². The average molecular weight is 363 g/mol. The Hall–Kier alpha value is -0.340. The first-order chi connectivity index (χ1) is 12.8. The molecular weight excluding hydrogens is 320 g/mol. The summed E-state index contributed by atoms with van der Waals surface area (Å²) in [6, 6.07) is 0. The normalized spacial score (nSPS) is 35.9. The molecule has 2 heteroatoms. The highest BCUT2D eigenvalue weighted by Gasteiger charge is 2.34. The minimum Gasteiger partial charge on any atom is -0.378 e. The lowest BCUT2D eigenvalue weighted by molar-refractivity contribution is -0.0145. The Balaban J connectivity index is 1.34. The van der Waals surface area contributed by atoms with Crippen LogP contribution in [0.1, 0.15) is 97.3 Å². The maximum Gasteiger partial charge on any atom is 0.0680 e. The molecule has 0 saturated heterocycles. The fraction of sp³-hybridized carbons (Fsp3) is 0.917. The molecule has 0 bridgehead atoms. The molecule has 0 radical (unpaired) electrons. The molecule has 3 aliphatic rings. The van der Waals surface area contributed by atoms with Crippen molar-refractivity contribution in [3.05, 3.63) is 11.6 Å². The third kappa shape index (κ3) is 5.83. The van der Waals surface area contributed by atoms with E-state index in [1.54, 1.807) is 0 Å². The standard InChI is InChI=1S/C24H42O2/c1-3-5-17-25-23-14-12-21(13-15-23)20-8-10-22(11-9-20)24-16-7-19(6-4-2)18-26-24/h7,20-24H,3-6,8-18H2,1-2H3. The van der Waals surface area contributed by atoms with Gasteiger partial charge in [0.25, 0.3) is 0 Å². The molecule has 3 rings (SSSR count). The van der Waals surface area contributed by atoms with Crippen molar-refractivity contribution >= 4 is 0 Å². The molecule has 26 heavy (non-hydrogen) atoms. The van der Waals surface area contributed by atoms with E-state index in [0.717, 1.165) is 31.0 Å². The Morgan fingerprint density at radius 1 is 0.885 bits per heavy atom. The van der Waals surface area contributed by atoms with Crippen molar-refractivity contribution in [2.45, 2.75) is 110 Å². The van der Waals surface area contributed by atoms with Crippen LogP contribution in [-0.2, 0) is 9.47 Å². The Morgan fingerprint density at radius 2 is 1.54 bits per heavy atom. The SMILES string of the molecule is CCCCOC1CCC(C2CCC(C3CC=C(CCC)CO3)CC2)CC1.